The normalized spacial score (nSPS) is 11.1. The van der Waals surface area contributed by atoms with Crippen LogP contribution in [0.2, 0.25) is 5.02 Å². The first kappa shape index (κ1) is 12.3. The second-order valence-corrected chi connectivity index (χ2v) is 5.32. The van der Waals surface area contributed by atoms with E-state index in [0.717, 1.165) is 33.3 Å². The highest BCUT2D eigenvalue weighted by Crippen LogP contribution is 2.32. The number of fused-ring (bicyclic) bond motifs is 3. The van der Waals surface area contributed by atoms with E-state index in [1.165, 1.54) is 0 Å². The fraction of sp³-hybridized carbons (Fsp3) is 0. The zero-order valence-corrected chi connectivity index (χ0v) is 11.9. The number of benzene rings is 3. The molecule has 3 aromatic carbocycles. The molecular weight excluding hydrogens is 282 g/mol. The second-order valence-electron chi connectivity index (χ2n) is 4.91. The van der Waals surface area contributed by atoms with Gasteiger partial charge in [-0.1, -0.05) is 41.9 Å². The number of hydrogen-bond acceptors (Lipinski definition) is 2. The monoisotopic (exact) mass is 293 g/mol. The Hall–Kier alpha value is -2.45. The maximum absolute atomic E-state index is 6.19. The SMILES string of the molecule is Clc1ccccc1Nc1ccc2oc3ccccc3c2c1. The summed E-state index contributed by atoms with van der Waals surface area (Å²) in [5.74, 6) is 0. The van der Waals surface area contributed by atoms with Gasteiger partial charge in [-0.05, 0) is 36.4 Å². The van der Waals surface area contributed by atoms with Gasteiger partial charge in [-0.2, -0.15) is 0 Å². The van der Waals surface area contributed by atoms with Crippen molar-refractivity contribution < 1.29 is 4.42 Å². The molecule has 0 aliphatic heterocycles. The molecule has 0 bridgehead atoms. The average molecular weight is 294 g/mol. The minimum absolute atomic E-state index is 0.703. The maximum Gasteiger partial charge on any atom is 0.135 e. The Bertz CT molecular complexity index is 942. The van der Waals surface area contributed by atoms with Crippen LogP contribution in [-0.4, -0.2) is 0 Å². The predicted molar refractivity (Wildman–Crippen MR) is 88.5 cm³/mol. The second kappa shape index (κ2) is 4.83. The number of hydrogen-bond donors (Lipinski definition) is 1. The minimum atomic E-state index is 0.703. The number of halogens is 1. The van der Waals surface area contributed by atoms with Crippen molar-refractivity contribution in [1.82, 2.24) is 0 Å². The Kier molecular flexibility index (Phi) is 2.83. The first-order valence-electron chi connectivity index (χ1n) is 6.74. The number of rotatable bonds is 2. The summed E-state index contributed by atoms with van der Waals surface area (Å²) < 4.78 is 5.83. The molecule has 4 aromatic rings. The van der Waals surface area contributed by atoms with Crippen molar-refractivity contribution in [1.29, 1.82) is 0 Å². The quantitative estimate of drug-likeness (QED) is 0.491. The zero-order valence-electron chi connectivity index (χ0n) is 11.1. The van der Waals surface area contributed by atoms with Gasteiger partial charge in [-0.25, -0.2) is 0 Å². The molecule has 21 heavy (non-hydrogen) atoms. The summed E-state index contributed by atoms with van der Waals surface area (Å²) in [5.41, 5.74) is 3.68. The lowest BCUT2D eigenvalue weighted by Crippen LogP contribution is -1.90. The van der Waals surface area contributed by atoms with Gasteiger partial charge in [-0.15, -0.1) is 0 Å². The van der Waals surface area contributed by atoms with Crippen LogP contribution < -0.4 is 5.32 Å². The lowest BCUT2D eigenvalue weighted by atomic mass is 10.1. The van der Waals surface area contributed by atoms with Crippen molar-refractivity contribution in [3.05, 3.63) is 71.8 Å². The third kappa shape index (κ3) is 2.14. The van der Waals surface area contributed by atoms with Gasteiger partial charge in [0.1, 0.15) is 11.2 Å². The summed E-state index contributed by atoms with van der Waals surface area (Å²) in [6.45, 7) is 0. The van der Waals surface area contributed by atoms with Crippen LogP contribution in [0, 0.1) is 0 Å². The van der Waals surface area contributed by atoms with E-state index in [1.807, 2.05) is 54.6 Å². The summed E-state index contributed by atoms with van der Waals surface area (Å²) in [5, 5.41) is 6.27. The molecule has 2 nitrogen and oxygen atoms in total. The van der Waals surface area contributed by atoms with Crippen molar-refractivity contribution in [2.24, 2.45) is 0 Å². The van der Waals surface area contributed by atoms with Gasteiger partial charge < -0.3 is 9.73 Å². The predicted octanol–water partition coefficient (Wildman–Crippen LogP) is 5.98. The molecule has 0 amide bonds. The van der Waals surface area contributed by atoms with Crippen molar-refractivity contribution in [3.8, 4) is 0 Å². The molecule has 1 N–H and O–H groups in total. The van der Waals surface area contributed by atoms with E-state index in [-0.39, 0.29) is 0 Å². The molecule has 0 spiro atoms. The van der Waals surface area contributed by atoms with Gasteiger partial charge in [0.25, 0.3) is 0 Å². The highest BCUT2D eigenvalue weighted by atomic mass is 35.5. The van der Waals surface area contributed by atoms with Crippen molar-refractivity contribution in [3.63, 3.8) is 0 Å². The van der Waals surface area contributed by atoms with Gasteiger partial charge >= 0.3 is 0 Å². The molecule has 0 saturated heterocycles. The first-order chi connectivity index (χ1) is 10.3. The van der Waals surface area contributed by atoms with E-state index in [4.69, 9.17) is 16.0 Å². The summed E-state index contributed by atoms with van der Waals surface area (Å²) in [4.78, 5) is 0. The summed E-state index contributed by atoms with van der Waals surface area (Å²) in [6.07, 6.45) is 0. The van der Waals surface area contributed by atoms with Crippen LogP contribution in [0.4, 0.5) is 11.4 Å². The van der Waals surface area contributed by atoms with E-state index in [2.05, 4.69) is 17.4 Å². The number of anilines is 2. The van der Waals surface area contributed by atoms with E-state index in [1.54, 1.807) is 0 Å². The van der Waals surface area contributed by atoms with Gasteiger partial charge in [-0.3, -0.25) is 0 Å². The highest BCUT2D eigenvalue weighted by Gasteiger charge is 2.07. The smallest absolute Gasteiger partial charge is 0.135 e. The lowest BCUT2D eigenvalue weighted by molar-refractivity contribution is 0.669. The van der Waals surface area contributed by atoms with Crippen molar-refractivity contribution in [2.75, 3.05) is 5.32 Å². The van der Waals surface area contributed by atoms with Gasteiger partial charge in [0.2, 0.25) is 0 Å². The molecule has 1 aromatic heterocycles. The zero-order chi connectivity index (χ0) is 14.2. The summed E-state index contributed by atoms with van der Waals surface area (Å²) >= 11 is 6.19. The molecule has 3 heteroatoms. The maximum atomic E-state index is 6.19. The number of para-hydroxylation sites is 2. The highest BCUT2D eigenvalue weighted by molar-refractivity contribution is 6.33. The van der Waals surface area contributed by atoms with Gasteiger partial charge in [0.05, 0.1) is 10.7 Å². The molecule has 0 unspecified atom stereocenters. The van der Waals surface area contributed by atoms with Crippen LogP contribution in [0.25, 0.3) is 21.9 Å². The molecule has 102 valence electrons. The molecule has 4 rings (SSSR count). The van der Waals surface area contributed by atoms with Gasteiger partial charge in [0.15, 0.2) is 0 Å². The van der Waals surface area contributed by atoms with Crippen LogP contribution in [-0.2, 0) is 0 Å². The molecule has 0 saturated carbocycles. The van der Waals surface area contributed by atoms with E-state index in [0.29, 0.717) is 5.02 Å². The molecule has 0 aliphatic carbocycles. The average Bonchev–Trinajstić information content (AvgIpc) is 2.88. The molecule has 0 aliphatic rings. The molecule has 1 heterocycles. The Morgan fingerprint density at radius 3 is 2.43 bits per heavy atom. The van der Waals surface area contributed by atoms with Gasteiger partial charge in [0, 0.05) is 16.5 Å². The standard InChI is InChI=1S/C18H12ClNO/c19-15-6-2-3-7-16(15)20-12-9-10-18-14(11-12)13-5-1-4-8-17(13)21-18/h1-11,20H. The number of furan rings is 1. The topological polar surface area (TPSA) is 25.2 Å². The summed E-state index contributed by atoms with van der Waals surface area (Å²) in [7, 11) is 0. The van der Waals surface area contributed by atoms with E-state index in [9.17, 15) is 0 Å². The van der Waals surface area contributed by atoms with Crippen molar-refractivity contribution in [2.45, 2.75) is 0 Å². The molecule has 0 fully saturated rings. The minimum Gasteiger partial charge on any atom is -0.456 e. The molecular formula is C18H12ClNO. The summed E-state index contributed by atoms with van der Waals surface area (Å²) in [6, 6.07) is 21.8. The molecule has 0 radical (unpaired) electrons. The largest absolute Gasteiger partial charge is 0.456 e. The van der Waals surface area contributed by atoms with Crippen LogP contribution in [0.1, 0.15) is 0 Å². The number of nitrogens with one attached hydrogen (secondary N) is 1. The fourth-order valence-electron chi connectivity index (χ4n) is 2.52. The Morgan fingerprint density at radius 2 is 1.52 bits per heavy atom. The van der Waals surface area contributed by atoms with E-state index < -0.39 is 0 Å². The first-order valence-corrected chi connectivity index (χ1v) is 7.12. The Morgan fingerprint density at radius 1 is 0.762 bits per heavy atom. The third-order valence-electron chi connectivity index (χ3n) is 3.53. The van der Waals surface area contributed by atoms with Crippen LogP contribution in [0.15, 0.2) is 71.1 Å². The van der Waals surface area contributed by atoms with Crippen LogP contribution in [0.3, 0.4) is 0 Å². The Balaban J connectivity index is 1.83. The van der Waals surface area contributed by atoms with E-state index >= 15 is 0 Å². The van der Waals surface area contributed by atoms with Crippen LogP contribution in [0.5, 0.6) is 0 Å². The fourth-order valence-corrected chi connectivity index (χ4v) is 2.70. The third-order valence-corrected chi connectivity index (χ3v) is 3.86. The Labute approximate surface area is 126 Å². The van der Waals surface area contributed by atoms with Crippen LogP contribution >= 0.6 is 11.6 Å². The van der Waals surface area contributed by atoms with Crippen molar-refractivity contribution >= 4 is 44.9 Å². The molecule has 0 atom stereocenters. The lowest BCUT2D eigenvalue weighted by Gasteiger charge is -2.08.